The molecule has 0 fully saturated rings. The smallest absolute Gasteiger partial charge is 0.325 e. The highest BCUT2D eigenvalue weighted by atomic mass is 35.5. The molecule has 3 rings (SSSR count). The summed E-state index contributed by atoms with van der Waals surface area (Å²) in [4.78, 5) is 25.9. The van der Waals surface area contributed by atoms with Crippen molar-refractivity contribution >= 4 is 45.7 Å². The van der Waals surface area contributed by atoms with Crippen LogP contribution in [0.5, 0.6) is 0 Å². The number of aryl methyl sites for hydroxylation is 1. The molecule has 0 spiro atoms. The standard InChI is InChI=1S/C16H15ClN6OS/c1-9-13(12-7-8-19-14(18-2)22-12)25-16(20-9)23-15(24)21-11-5-3-10(17)4-6-11/h3-8H,1-2H3,(H,18,19,22)(H2,20,21,23,24). The highest BCUT2D eigenvalue weighted by Crippen LogP contribution is 2.31. The third-order valence-electron chi connectivity index (χ3n) is 3.23. The summed E-state index contributed by atoms with van der Waals surface area (Å²) in [5, 5.41) is 9.45. The summed E-state index contributed by atoms with van der Waals surface area (Å²) in [6.45, 7) is 1.87. The van der Waals surface area contributed by atoms with E-state index in [1.54, 1.807) is 43.6 Å². The first-order valence-electron chi connectivity index (χ1n) is 7.37. The van der Waals surface area contributed by atoms with Crippen LogP contribution in [0, 0.1) is 6.92 Å². The molecule has 7 nitrogen and oxygen atoms in total. The second kappa shape index (κ2) is 7.45. The molecular weight excluding hydrogens is 360 g/mol. The van der Waals surface area contributed by atoms with Crippen LogP contribution in [0.25, 0.3) is 10.6 Å². The van der Waals surface area contributed by atoms with Crippen LogP contribution < -0.4 is 16.0 Å². The molecule has 0 radical (unpaired) electrons. The van der Waals surface area contributed by atoms with E-state index in [1.165, 1.54) is 11.3 Å². The van der Waals surface area contributed by atoms with Gasteiger partial charge in [0.05, 0.1) is 16.3 Å². The lowest BCUT2D eigenvalue weighted by molar-refractivity contribution is 0.262. The number of nitrogens with one attached hydrogen (secondary N) is 3. The van der Waals surface area contributed by atoms with Crippen molar-refractivity contribution in [1.29, 1.82) is 0 Å². The molecule has 1 aromatic carbocycles. The molecule has 2 heterocycles. The summed E-state index contributed by atoms with van der Waals surface area (Å²) in [6, 6.07) is 8.29. The monoisotopic (exact) mass is 374 g/mol. The highest BCUT2D eigenvalue weighted by molar-refractivity contribution is 7.19. The van der Waals surface area contributed by atoms with E-state index >= 15 is 0 Å². The van der Waals surface area contributed by atoms with Gasteiger partial charge in [-0.3, -0.25) is 5.32 Å². The van der Waals surface area contributed by atoms with Crippen LogP contribution >= 0.6 is 22.9 Å². The van der Waals surface area contributed by atoms with Crippen molar-refractivity contribution in [3.63, 3.8) is 0 Å². The molecule has 0 saturated heterocycles. The van der Waals surface area contributed by atoms with Crippen LogP contribution in [-0.2, 0) is 0 Å². The van der Waals surface area contributed by atoms with Gasteiger partial charge in [-0.05, 0) is 37.3 Å². The molecule has 3 aromatic rings. The van der Waals surface area contributed by atoms with Crippen LogP contribution in [0.4, 0.5) is 21.6 Å². The van der Waals surface area contributed by atoms with E-state index in [0.717, 1.165) is 16.3 Å². The summed E-state index contributed by atoms with van der Waals surface area (Å²) < 4.78 is 0. The zero-order valence-corrected chi connectivity index (χ0v) is 15.1. The van der Waals surface area contributed by atoms with Gasteiger partial charge >= 0.3 is 6.03 Å². The molecule has 128 valence electrons. The van der Waals surface area contributed by atoms with Gasteiger partial charge in [-0.15, -0.1) is 0 Å². The zero-order chi connectivity index (χ0) is 17.8. The zero-order valence-electron chi connectivity index (χ0n) is 13.5. The predicted octanol–water partition coefficient (Wildman–Crippen LogP) is 4.25. The lowest BCUT2D eigenvalue weighted by Gasteiger charge is -2.05. The Morgan fingerprint density at radius 2 is 1.88 bits per heavy atom. The maximum Gasteiger partial charge on any atom is 0.325 e. The van der Waals surface area contributed by atoms with E-state index in [1.807, 2.05) is 6.92 Å². The molecule has 9 heteroatoms. The average Bonchev–Trinajstić information content (AvgIpc) is 2.97. The lowest BCUT2D eigenvalue weighted by Crippen LogP contribution is -2.19. The quantitative estimate of drug-likeness (QED) is 0.635. The van der Waals surface area contributed by atoms with Crippen molar-refractivity contribution in [1.82, 2.24) is 15.0 Å². The van der Waals surface area contributed by atoms with Crippen molar-refractivity contribution in [2.24, 2.45) is 0 Å². The van der Waals surface area contributed by atoms with Gasteiger partial charge in [0.25, 0.3) is 0 Å². The van der Waals surface area contributed by atoms with Crippen molar-refractivity contribution < 1.29 is 4.79 Å². The van der Waals surface area contributed by atoms with E-state index in [-0.39, 0.29) is 6.03 Å². The van der Waals surface area contributed by atoms with Gasteiger partial charge in [-0.25, -0.2) is 19.7 Å². The number of aromatic nitrogens is 3. The predicted molar refractivity (Wildman–Crippen MR) is 102 cm³/mol. The van der Waals surface area contributed by atoms with Gasteiger partial charge in [0.15, 0.2) is 5.13 Å². The van der Waals surface area contributed by atoms with E-state index in [9.17, 15) is 4.79 Å². The number of anilines is 3. The normalized spacial score (nSPS) is 10.4. The summed E-state index contributed by atoms with van der Waals surface area (Å²) in [5.74, 6) is 0.528. The number of carbonyl (C=O) groups is 1. The number of halogens is 1. The summed E-state index contributed by atoms with van der Waals surface area (Å²) >= 11 is 7.18. The fraction of sp³-hybridized carbons (Fsp3) is 0.125. The maximum atomic E-state index is 12.1. The minimum absolute atomic E-state index is 0.374. The van der Waals surface area contributed by atoms with Gasteiger partial charge in [0.1, 0.15) is 0 Å². The molecule has 0 unspecified atom stereocenters. The summed E-state index contributed by atoms with van der Waals surface area (Å²) in [6.07, 6.45) is 1.67. The largest absolute Gasteiger partial charge is 0.357 e. The molecule has 2 aromatic heterocycles. The minimum Gasteiger partial charge on any atom is -0.357 e. The number of nitrogens with zero attached hydrogens (tertiary/aromatic N) is 3. The van der Waals surface area contributed by atoms with Gasteiger partial charge in [-0.1, -0.05) is 22.9 Å². The molecule has 0 aliphatic rings. The first-order valence-corrected chi connectivity index (χ1v) is 8.57. The van der Waals surface area contributed by atoms with E-state index in [2.05, 4.69) is 30.9 Å². The van der Waals surface area contributed by atoms with Crippen LogP contribution in [0.2, 0.25) is 5.02 Å². The fourth-order valence-corrected chi connectivity index (χ4v) is 3.14. The van der Waals surface area contributed by atoms with Gasteiger partial charge < -0.3 is 10.6 Å². The highest BCUT2D eigenvalue weighted by Gasteiger charge is 2.13. The topological polar surface area (TPSA) is 91.8 Å². The number of urea groups is 1. The van der Waals surface area contributed by atoms with Crippen molar-refractivity contribution in [2.45, 2.75) is 6.92 Å². The molecule has 0 saturated carbocycles. The van der Waals surface area contributed by atoms with Gasteiger partial charge in [0.2, 0.25) is 5.95 Å². The molecule has 0 aliphatic heterocycles. The maximum absolute atomic E-state index is 12.1. The van der Waals surface area contributed by atoms with Gasteiger partial charge in [-0.2, -0.15) is 0 Å². The fourth-order valence-electron chi connectivity index (χ4n) is 2.09. The number of thiazole rings is 1. The van der Waals surface area contributed by atoms with Crippen molar-refractivity contribution in [3.8, 4) is 10.6 Å². The Hall–Kier alpha value is -2.71. The molecule has 0 aliphatic carbocycles. The van der Waals surface area contributed by atoms with E-state index < -0.39 is 0 Å². The Kier molecular flexibility index (Phi) is 5.11. The third-order valence-corrected chi connectivity index (χ3v) is 4.58. The number of hydrogen-bond acceptors (Lipinski definition) is 6. The Morgan fingerprint density at radius 3 is 2.60 bits per heavy atom. The van der Waals surface area contributed by atoms with E-state index in [4.69, 9.17) is 11.6 Å². The number of rotatable bonds is 4. The average molecular weight is 375 g/mol. The third kappa shape index (κ3) is 4.23. The molecule has 25 heavy (non-hydrogen) atoms. The Morgan fingerprint density at radius 1 is 1.12 bits per heavy atom. The minimum atomic E-state index is -0.374. The van der Waals surface area contributed by atoms with E-state index in [0.29, 0.717) is 21.8 Å². The first-order chi connectivity index (χ1) is 12.0. The summed E-state index contributed by atoms with van der Waals surface area (Å²) in [7, 11) is 1.76. The molecular formula is C16H15ClN6OS. The summed E-state index contributed by atoms with van der Waals surface area (Å²) in [5.41, 5.74) is 2.18. The van der Waals surface area contributed by atoms with Crippen LogP contribution in [0.15, 0.2) is 36.5 Å². The number of carbonyl (C=O) groups excluding carboxylic acids is 1. The molecule has 0 bridgehead atoms. The first kappa shape index (κ1) is 17.1. The lowest BCUT2D eigenvalue weighted by atomic mass is 10.3. The van der Waals surface area contributed by atoms with Crippen LogP contribution in [0.3, 0.4) is 0 Å². The molecule has 3 N–H and O–H groups in total. The molecule has 0 atom stereocenters. The second-order valence-electron chi connectivity index (χ2n) is 5.04. The van der Waals surface area contributed by atoms with Crippen LogP contribution in [0.1, 0.15) is 5.69 Å². The Labute approximate surface area is 153 Å². The van der Waals surface area contributed by atoms with Crippen molar-refractivity contribution in [2.75, 3.05) is 23.0 Å². The Balaban J connectivity index is 1.73. The van der Waals surface area contributed by atoms with Crippen molar-refractivity contribution in [3.05, 3.63) is 47.2 Å². The SMILES string of the molecule is CNc1nccc(-c2sc(NC(=O)Nc3ccc(Cl)cc3)nc2C)n1. The Bertz CT molecular complexity index is 896. The second-order valence-corrected chi connectivity index (χ2v) is 6.47. The van der Waals surface area contributed by atoms with Crippen LogP contribution in [-0.4, -0.2) is 28.0 Å². The van der Waals surface area contributed by atoms with Gasteiger partial charge in [0, 0.05) is 24.0 Å². The number of amides is 2. The molecule has 2 amide bonds. The number of benzene rings is 1. The number of hydrogen-bond donors (Lipinski definition) is 3.